The lowest BCUT2D eigenvalue weighted by Crippen LogP contribution is -2.73. The molecule has 0 amide bonds. The Bertz CT molecular complexity index is 181. The van der Waals surface area contributed by atoms with Crippen molar-refractivity contribution >= 4 is 40.5 Å². The lowest BCUT2D eigenvalue weighted by atomic mass is 11.8. The molecule has 1 atom stereocenters. The van der Waals surface area contributed by atoms with Crippen molar-refractivity contribution < 1.29 is 0 Å². The quantitative estimate of drug-likeness (QED) is 0.542. The SMILES string of the molecule is C[SiH](Cl)[Si](C)(C)[Si](C)(C)[Si](C)(C)C. The largest absolute Gasteiger partial charge is 0.176 e. The Labute approximate surface area is 92.8 Å². The summed E-state index contributed by atoms with van der Waals surface area (Å²) < 4.78 is 0. The van der Waals surface area contributed by atoms with Crippen LogP contribution in [0, 0.1) is 0 Å². The molecule has 0 fully saturated rings. The summed E-state index contributed by atoms with van der Waals surface area (Å²) >= 11 is 6.52. The molecule has 0 aromatic rings. The van der Waals surface area contributed by atoms with E-state index in [-0.39, 0.29) is 0 Å². The normalized spacial score (nSPS) is 17.3. The second-order valence-corrected chi connectivity index (χ2v) is 47.7. The first kappa shape index (κ1) is 14.2. The molecule has 0 nitrogen and oxygen atoms in total. The fourth-order valence-corrected chi connectivity index (χ4v) is 66.9. The molecule has 80 valence electrons. The van der Waals surface area contributed by atoms with Crippen LogP contribution in [0.15, 0.2) is 0 Å². The summed E-state index contributed by atoms with van der Waals surface area (Å²) in [5.41, 5.74) is 0. The zero-order valence-corrected chi connectivity index (χ0v) is 15.4. The topological polar surface area (TPSA) is 0 Å². The van der Waals surface area contributed by atoms with Gasteiger partial charge in [-0.05, 0) is 0 Å². The minimum absolute atomic E-state index is 0.897. The molecule has 0 aliphatic carbocycles. The van der Waals surface area contributed by atoms with Gasteiger partial charge >= 0.3 is 0 Å². The van der Waals surface area contributed by atoms with E-state index in [1.807, 2.05) is 0 Å². The summed E-state index contributed by atoms with van der Waals surface area (Å²) in [6.07, 6.45) is 0. The van der Waals surface area contributed by atoms with Crippen LogP contribution in [0.1, 0.15) is 0 Å². The fourth-order valence-electron chi connectivity index (χ4n) is 1.46. The summed E-state index contributed by atoms with van der Waals surface area (Å²) in [6, 6.07) is 0. The second-order valence-electron chi connectivity index (χ2n) is 6.21. The average Bonchev–Trinajstić information content (AvgIpc) is 1.84. The Morgan fingerprint density at radius 3 is 1.23 bits per heavy atom. The van der Waals surface area contributed by atoms with Crippen molar-refractivity contribution in [3.05, 3.63) is 0 Å². The van der Waals surface area contributed by atoms with Crippen LogP contribution < -0.4 is 0 Å². The number of hydrogen-bond donors (Lipinski definition) is 0. The first-order valence-electron chi connectivity index (χ1n) is 5.08. The molecular weight excluding hydrogens is 244 g/mol. The molecule has 0 aliphatic heterocycles. The highest BCUT2D eigenvalue weighted by molar-refractivity contribution is 7.84. The summed E-state index contributed by atoms with van der Waals surface area (Å²) in [4.78, 5) is 0. The van der Waals surface area contributed by atoms with Gasteiger partial charge in [-0.1, -0.05) is 52.4 Å². The van der Waals surface area contributed by atoms with E-state index in [2.05, 4.69) is 52.4 Å². The van der Waals surface area contributed by atoms with Gasteiger partial charge < -0.3 is 0 Å². The van der Waals surface area contributed by atoms with Crippen LogP contribution in [-0.4, -0.2) is 29.4 Å². The summed E-state index contributed by atoms with van der Waals surface area (Å²) in [5.74, 6) is 0. The van der Waals surface area contributed by atoms with Crippen molar-refractivity contribution in [1.82, 2.24) is 0 Å². The molecule has 13 heavy (non-hydrogen) atoms. The van der Waals surface area contributed by atoms with Crippen LogP contribution >= 0.6 is 11.1 Å². The van der Waals surface area contributed by atoms with Gasteiger partial charge in [0.05, 0.1) is 0 Å². The molecule has 0 rings (SSSR count). The number of rotatable bonds is 3. The molecule has 0 bridgehead atoms. The molecule has 0 heterocycles. The lowest BCUT2D eigenvalue weighted by molar-refractivity contribution is 1.75. The molecule has 1 unspecified atom stereocenters. The highest BCUT2D eigenvalue weighted by atomic mass is 35.6. The molecule has 5 heteroatoms. The van der Waals surface area contributed by atoms with Gasteiger partial charge in [0.1, 0.15) is 7.62 Å². The standard InChI is InChI=1S/C8H25ClSi4/c1-10(9)12(5,6)13(7,8)11(2,3)4/h10H,1-8H3. The lowest BCUT2D eigenvalue weighted by Gasteiger charge is -2.48. The summed E-state index contributed by atoms with van der Waals surface area (Å²) in [6.45, 7) is 20.3. The van der Waals surface area contributed by atoms with Crippen molar-refractivity contribution in [3.63, 3.8) is 0 Å². The van der Waals surface area contributed by atoms with E-state index < -0.39 is 29.4 Å². The molecule has 0 aromatic heterocycles. The highest BCUT2D eigenvalue weighted by Gasteiger charge is 2.52. The number of halogens is 1. The third-order valence-electron chi connectivity index (χ3n) is 4.48. The first-order valence-corrected chi connectivity index (χ1v) is 21.3. The fraction of sp³-hybridized carbons (Fsp3) is 1.00. The van der Waals surface area contributed by atoms with Crippen LogP contribution in [0.5, 0.6) is 0 Å². The van der Waals surface area contributed by atoms with Crippen LogP contribution in [-0.2, 0) is 0 Å². The predicted octanol–water partition coefficient (Wildman–Crippen LogP) is 3.57. The first-order chi connectivity index (χ1) is 5.44. The van der Waals surface area contributed by atoms with E-state index in [0.717, 1.165) is 0 Å². The Morgan fingerprint density at radius 1 is 0.846 bits per heavy atom. The Kier molecular flexibility index (Phi) is 4.31. The smallest absolute Gasteiger partial charge is 0.126 e. The molecule has 0 radical (unpaired) electrons. The van der Waals surface area contributed by atoms with E-state index in [1.54, 1.807) is 0 Å². The maximum Gasteiger partial charge on any atom is 0.126 e. The van der Waals surface area contributed by atoms with E-state index in [0.29, 0.717) is 0 Å². The monoisotopic (exact) mass is 268 g/mol. The molecule has 0 spiro atoms. The van der Waals surface area contributed by atoms with Crippen LogP contribution in [0.25, 0.3) is 0 Å². The van der Waals surface area contributed by atoms with Gasteiger partial charge in [-0.3, -0.25) is 0 Å². The van der Waals surface area contributed by atoms with Crippen molar-refractivity contribution in [3.8, 4) is 0 Å². The third kappa shape index (κ3) is 2.59. The minimum Gasteiger partial charge on any atom is -0.176 e. The van der Waals surface area contributed by atoms with Crippen LogP contribution in [0.4, 0.5) is 0 Å². The maximum absolute atomic E-state index is 6.52. The molecule has 0 aromatic carbocycles. The van der Waals surface area contributed by atoms with Gasteiger partial charge in [-0.2, -0.15) is 11.1 Å². The average molecular weight is 269 g/mol. The zero-order valence-electron chi connectivity index (χ0n) is 10.5. The van der Waals surface area contributed by atoms with Crippen molar-refractivity contribution in [1.29, 1.82) is 0 Å². The van der Waals surface area contributed by atoms with Gasteiger partial charge in [0.2, 0.25) is 0 Å². The van der Waals surface area contributed by atoms with Gasteiger partial charge in [0.25, 0.3) is 0 Å². The molecule has 0 N–H and O–H groups in total. The Morgan fingerprint density at radius 2 is 1.15 bits per heavy atom. The highest BCUT2D eigenvalue weighted by Crippen LogP contribution is 2.31. The molecular formula is C8H25ClSi4. The van der Waals surface area contributed by atoms with E-state index in [9.17, 15) is 0 Å². The van der Waals surface area contributed by atoms with Crippen molar-refractivity contribution in [2.24, 2.45) is 0 Å². The maximum atomic E-state index is 6.52. The van der Waals surface area contributed by atoms with Gasteiger partial charge in [-0.15, -0.1) is 0 Å². The van der Waals surface area contributed by atoms with Gasteiger partial charge in [0, 0.05) is 21.8 Å². The van der Waals surface area contributed by atoms with E-state index in [1.165, 1.54) is 0 Å². The van der Waals surface area contributed by atoms with Crippen molar-refractivity contribution in [2.75, 3.05) is 0 Å². The molecule has 0 saturated carbocycles. The van der Waals surface area contributed by atoms with E-state index >= 15 is 0 Å². The zero-order chi connectivity index (χ0) is 11.1. The Balaban J connectivity index is 5.04. The van der Waals surface area contributed by atoms with Crippen molar-refractivity contribution in [2.45, 2.75) is 52.4 Å². The predicted molar refractivity (Wildman–Crippen MR) is 77.2 cm³/mol. The molecule has 0 aliphatic rings. The van der Waals surface area contributed by atoms with Crippen LogP contribution in [0.2, 0.25) is 52.4 Å². The van der Waals surface area contributed by atoms with Gasteiger partial charge in [0.15, 0.2) is 0 Å². The van der Waals surface area contributed by atoms with Gasteiger partial charge in [-0.25, -0.2) is 0 Å². The second kappa shape index (κ2) is 3.96. The summed E-state index contributed by atoms with van der Waals surface area (Å²) in [7, 11) is -3.86. The molecule has 0 saturated heterocycles. The van der Waals surface area contributed by atoms with E-state index in [4.69, 9.17) is 11.1 Å². The Hall–Kier alpha value is 1.16. The summed E-state index contributed by atoms with van der Waals surface area (Å²) in [5, 5.41) is 0. The van der Waals surface area contributed by atoms with Crippen LogP contribution in [0.3, 0.4) is 0 Å². The number of hydrogen-bond acceptors (Lipinski definition) is 0. The minimum atomic E-state index is -1.04. The third-order valence-corrected chi connectivity index (χ3v) is 72.4.